The fourth-order valence-electron chi connectivity index (χ4n) is 7.80. The van der Waals surface area contributed by atoms with Crippen molar-refractivity contribution >= 4 is 43.7 Å². The number of para-hydroxylation sites is 2. The number of furan rings is 1. The monoisotopic (exact) mass is 603 g/mol. The Kier molecular flexibility index (Phi) is 5.31. The average Bonchev–Trinajstić information content (AvgIpc) is 3.72. The zero-order valence-electron chi connectivity index (χ0n) is 26.0. The predicted molar refractivity (Wildman–Crippen MR) is 192 cm³/mol. The van der Waals surface area contributed by atoms with Crippen molar-refractivity contribution in [1.29, 1.82) is 0 Å². The van der Waals surface area contributed by atoms with Crippen LogP contribution in [0.3, 0.4) is 0 Å². The zero-order valence-corrected chi connectivity index (χ0v) is 26.0. The second-order valence-electron chi connectivity index (χ2n) is 13.0. The molecule has 0 N–H and O–H groups in total. The second kappa shape index (κ2) is 9.51. The molecule has 1 aliphatic carbocycles. The molecular formula is C43H29N3O. The molecule has 0 fully saturated rings. The van der Waals surface area contributed by atoms with Crippen LogP contribution in [0.25, 0.3) is 83.3 Å². The summed E-state index contributed by atoms with van der Waals surface area (Å²) in [7, 11) is 0. The lowest BCUT2D eigenvalue weighted by atomic mass is 9.81. The third kappa shape index (κ3) is 3.70. The van der Waals surface area contributed by atoms with Crippen LogP contribution in [0.1, 0.15) is 25.0 Å². The van der Waals surface area contributed by atoms with Gasteiger partial charge in [-0.2, -0.15) is 0 Å². The minimum atomic E-state index is -0.258. The van der Waals surface area contributed by atoms with Crippen LogP contribution < -0.4 is 0 Å². The van der Waals surface area contributed by atoms with Gasteiger partial charge in [0.25, 0.3) is 0 Å². The minimum absolute atomic E-state index is 0.258. The van der Waals surface area contributed by atoms with Gasteiger partial charge >= 0.3 is 0 Å². The van der Waals surface area contributed by atoms with E-state index in [2.05, 4.69) is 128 Å². The second-order valence-corrected chi connectivity index (χ2v) is 13.0. The number of nitrogens with zero attached hydrogens (tertiary/aromatic N) is 3. The fourth-order valence-corrected chi connectivity index (χ4v) is 7.80. The Labute approximate surface area is 271 Å². The largest absolute Gasteiger partial charge is 0.456 e. The van der Waals surface area contributed by atoms with Crippen LogP contribution in [0, 0.1) is 0 Å². The lowest BCUT2D eigenvalue weighted by Gasteiger charge is -2.24. The summed E-state index contributed by atoms with van der Waals surface area (Å²) in [4.78, 5) is 10.6. The van der Waals surface area contributed by atoms with E-state index in [0.717, 1.165) is 67.0 Å². The normalized spacial score (nSPS) is 13.5. The Morgan fingerprint density at radius 3 is 2.15 bits per heavy atom. The van der Waals surface area contributed by atoms with E-state index < -0.39 is 0 Å². The third-order valence-corrected chi connectivity index (χ3v) is 9.97. The molecule has 0 unspecified atom stereocenters. The zero-order chi connectivity index (χ0) is 31.3. The predicted octanol–water partition coefficient (Wildman–Crippen LogP) is 11.1. The van der Waals surface area contributed by atoms with E-state index in [-0.39, 0.29) is 5.41 Å². The average molecular weight is 604 g/mol. The van der Waals surface area contributed by atoms with Crippen molar-refractivity contribution in [1.82, 2.24) is 14.5 Å². The minimum Gasteiger partial charge on any atom is -0.456 e. The van der Waals surface area contributed by atoms with Gasteiger partial charge in [0.1, 0.15) is 11.2 Å². The molecule has 10 rings (SSSR count). The summed E-state index contributed by atoms with van der Waals surface area (Å²) in [6, 6.07) is 49.2. The molecule has 4 heteroatoms. The maximum atomic E-state index is 6.37. The van der Waals surface area contributed by atoms with Gasteiger partial charge in [-0.05, 0) is 35.9 Å². The first-order valence-electron chi connectivity index (χ1n) is 16.1. The number of aromatic nitrogens is 3. The van der Waals surface area contributed by atoms with Gasteiger partial charge in [0.05, 0.1) is 22.4 Å². The molecule has 1 aliphatic rings. The van der Waals surface area contributed by atoms with E-state index in [0.29, 0.717) is 0 Å². The maximum absolute atomic E-state index is 6.37. The van der Waals surface area contributed by atoms with Gasteiger partial charge in [0.2, 0.25) is 0 Å². The van der Waals surface area contributed by atoms with Gasteiger partial charge in [-0.3, -0.25) is 0 Å². The molecule has 0 aliphatic heterocycles. The van der Waals surface area contributed by atoms with Crippen molar-refractivity contribution in [2.75, 3.05) is 0 Å². The molecule has 0 atom stereocenters. The molecule has 0 saturated heterocycles. The summed E-state index contributed by atoms with van der Waals surface area (Å²) in [5.41, 5.74) is 12.6. The van der Waals surface area contributed by atoms with Crippen LogP contribution in [-0.4, -0.2) is 14.5 Å². The van der Waals surface area contributed by atoms with E-state index in [1.54, 1.807) is 0 Å². The quantitative estimate of drug-likeness (QED) is 0.202. The lowest BCUT2D eigenvalue weighted by molar-refractivity contribution is 0.658. The summed E-state index contributed by atoms with van der Waals surface area (Å²) in [6.07, 6.45) is 0. The molecule has 0 bridgehead atoms. The number of rotatable bonds is 3. The number of hydrogen-bond acceptors (Lipinski definition) is 3. The highest BCUT2D eigenvalue weighted by Gasteiger charge is 2.40. The van der Waals surface area contributed by atoms with Crippen LogP contribution in [0.15, 0.2) is 144 Å². The van der Waals surface area contributed by atoms with Gasteiger partial charge in [0, 0.05) is 61.0 Å². The number of hydrogen-bond donors (Lipinski definition) is 0. The molecule has 0 spiro atoms. The van der Waals surface area contributed by atoms with E-state index in [9.17, 15) is 0 Å². The molecule has 0 amide bonds. The highest BCUT2D eigenvalue weighted by Crippen LogP contribution is 2.51. The molecule has 0 saturated carbocycles. The first-order chi connectivity index (χ1) is 23.1. The van der Waals surface area contributed by atoms with Crippen LogP contribution >= 0.6 is 0 Å². The van der Waals surface area contributed by atoms with Gasteiger partial charge in [-0.25, -0.2) is 9.97 Å². The molecule has 47 heavy (non-hydrogen) atoms. The number of benzene rings is 6. The lowest BCUT2D eigenvalue weighted by Crippen LogP contribution is -2.17. The molecule has 3 aromatic heterocycles. The Morgan fingerprint density at radius 2 is 1.26 bits per heavy atom. The van der Waals surface area contributed by atoms with Crippen LogP contribution in [0.5, 0.6) is 0 Å². The van der Waals surface area contributed by atoms with Crippen molar-refractivity contribution in [3.8, 4) is 39.6 Å². The smallest absolute Gasteiger partial charge is 0.160 e. The molecule has 3 heterocycles. The van der Waals surface area contributed by atoms with Crippen LogP contribution in [-0.2, 0) is 5.41 Å². The van der Waals surface area contributed by atoms with Crippen LogP contribution in [0.2, 0.25) is 0 Å². The summed E-state index contributed by atoms with van der Waals surface area (Å²) < 4.78 is 8.73. The van der Waals surface area contributed by atoms with Crippen molar-refractivity contribution in [3.05, 3.63) is 151 Å². The highest BCUT2D eigenvalue weighted by molar-refractivity contribution is 6.17. The van der Waals surface area contributed by atoms with Crippen molar-refractivity contribution in [2.24, 2.45) is 0 Å². The topological polar surface area (TPSA) is 43.9 Å². The van der Waals surface area contributed by atoms with E-state index >= 15 is 0 Å². The Hall–Kier alpha value is -6.00. The molecule has 4 nitrogen and oxygen atoms in total. The fraction of sp³-hybridized carbons (Fsp3) is 0.0698. The number of fused-ring (bicyclic) bond motifs is 9. The van der Waals surface area contributed by atoms with Gasteiger partial charge < -0.3 is 8.98 Å². The summed E-state index contributed by atoms with van der Waals surface area (Å²) in [5.74, 6) is 0.737. The van der Waals surface area contributed by atoms with Gasteiger partial charge in [0.15, 0.2) is 5.82 Å². The molecule has 6 aromatic carbocycles. The molecule has 0 radical (unpaired) electrons. The molecule has 222 valence electrons. The third-order valence-electron chi connectivity index (χ3n) is 9.97. The highest BCUT2D eigenvalue weighted by atomic mass is 16.3. The van der Waals surface area contributed by atoms with E-state index in [4.69, 9.17) is 14.4 Å². The summed E-state index contributed by atoms with van der Waals surface area (Å²) in [5, 5.41) is 4.69. The summed E-state index contributed by atoms with van der Waals surface area (Å²) >= 11 is 0. The Bertz CT molecular complexity index is 2710. The standard InChI is InChI=1S/C43H29N3O/c1-43(2)34-20-9-6-19-31(34)41-39(43)40(44-42(45-41)26-13-4-3-5-14-26)27-15-12-16-28(23-27)46-35-21-10-7-17-29(35)32-24-33-30-18-8-11-22-37(30)47-38(33)25-36(32)46/h3-25H,1-2H3. The SMILES string of the molecule is CC1(C)c2ccccc2-c2nc(-c3ccccc3)nc(-c3cccc(-n4c5ccccc5c5cc6c(cc54)oc4ccccc46)c3)c21. The van der Waals surface area contributed by atoms with Crippen molar-refractivity contribution < 1.29 is 4.42 Å². The first-order valence-corrected chi connectivity index (χ1v) is 16.1. The van der Waals surface area contributed by atoms with Crippen LogP contribution in [0.4, 0.5) is 0 Å². The van der Waals surface area contributed by atoms with Crippen molar-refractivity contribution in [3.63, 3.8) is 0 Å². The first kappa shape index (κ1) is 26.2. The summed E-state index contributed by atoms with van der Waals surface area (Å²) in [6.45, 7) is 4.59. The van der Waals surface area contributed by atoms with E-state index in [1.807, 2.05) is 30.3 Å². The molecule has 9 aromatic rings. The van der Waals surface area contributed by atoms with Crippen molar-refractivity contribution in [2.45, 2.75) is 19.3 Å². The van der Waals surface area contributed by atoms with Gasteiger partial charge in [-0.15, -0.1) is 0 Å². The Morgan fingerprint density at radius 1 is 0.532 bits per heavy atom. The Balaban J connectivity index is 1.24. The van der Waals surface area contributed by atoms with Gasteiger partial charge in [-0.1, -0.05) is 117 Å². The molecular weight excluding hydrogens is 574 g/mol. The maximum Gasteiger partial charge on any atom is 0.160 e. The van der Waals surface area contributed by atoms with E-state index in [1.165, 1.54) is 27.5 Å².